The van der Waals surface area contributed by atoms with Gasteiger partial charge in [0.25, 0.3) is 0 Å². The normalized spacial score (nSPS) is 7.60. The monoisotopic (exact) mass is 192 g/mol. The maximum atomic E-state index is 8.31. The molecule has 0 unspecified atom stereocenters. The van der Waals surface area contributed by atoms with Gasteiger partial charge in [0.2, 0.25) is 0 Å². The molecule has 0 aromatic carbocycles. The molecule has 0 N–H and O–H groups in total. The Labute approximate surface area is 74.3 Å². The molecule has 10 heavy (non-hydrogen) atoms. The van der Waals surface area contributed by atoms with Gasteiger partial charge >= 0.3 is 0 Å². The standard InChI is InChI=1S/C6H2ClN2.Mn/c7-6-5(4-8)2-1-3-9-6;/h1,3H;/q-1;. The molecule has 0 saturated carbocycles. The Kier molecular flexibility index (Phi) is 4.06. The fourth-order valence-electron chi connectivity index (χ4n) is 0.426. The van der Waals surface area contributed by atoms with Crippen LogP contribution in [-0.4, -0.2) is 4.98 Å². The summed E-state index contributed by atoms with van der Waals surface area (Å²) in [4.78, 5) is 3.66. The average molecular weight is 192 g/mol. The Morgan fingerprint density at radius 2 is 2.40 bits per heavy atom. The molecule has 0 atom stereocenters. The molecule has 1 radical (unpaired) electrons. The van der Waals surface area contributed by atoms with Gasteiger partial charge < -0.3 is 4.98 Å². The molecule has 4 heteroatoms. The second-order valence-corrected chi connectivity index (χ2v) is 1.72. The molecule has 1 aromatic heterocycles. The predicted octanol–water partition coefficient (Wildman–Crippen LogP) is 1.40. The second-order valence-electron chi connectivity index (χ2n) is 1.37. The quantitative estimate of drug-likeness (QED) is 0.354. The number of halogens is 1. The van der Waals surface area contributed by atoms with Gasteiger partial charge in [0.1, 0.15) is 0 Å². The maximum Gasteiger partial charge on any atom is 0.0507 e. The van der Waals surface area contributed by atoms with E-state index in [9.17, 15) is 0 Å². The molecule has 1 rings (SSSR count). The van der Waals surface area contributed by atoms with Crippen LogP contribution in [0, 0.1) is 17.4 Å². The summed E-state index contributed by atoms with van der Waals surface area (Å²) in [5.74, 6) is 0. The summed E-state index contributed by atoms with van der Waals surface area (Å²) < 4.78 is 0. The Hall–Kier alpha value is -0.551. The molecule has 0 aliphatic heterocycles. The van der Waals surface area contributed by atoms with E-state index in [-0.39, 0.29) is 22.2 Å². The molecule has 0 bridgehead atoms. The van der Waals surface area contributed by atoms with E-state index in [1.807, 2.05) is 6.07 Å². The third-order valence-electron chi connectivity index (χ3n) is 0.808. The first kappa shape index (κ1) is 9.45. The van der Waals surface area contributed by atoms with Crippen molar-refractivity contribution >= 4 is 11.6 Å². The topological polar surface area (TPSA) is 36.7 Å². The molecule has 2 nitrogen and oxygen atoms in total. The number of nitrogens with zero attached hydrogens (tertiary/aromatic N) is 2. The van der Waals surface area contributed by atoms with E-state index in [1.165, 1.54) is 6.20 Å². The average Bonchev–Trinajstić information content (AvgIpc) is 1.89. The first-order valence-electron chi connectivity index (χ1n) is 2.27. The minimum atomic E-state index is 0. The molecular weight excluding hydrogens is 190 g/mol. The first-order valence-corrected chi connectivity index (χ1v) is 2.64. The molecule has 0 saturated heterocycles. The van der Waals surface area contributed by atoms with E-state index in [0.717, 1.165) is 0 Å². The summed E-state index contributed by atoms with van der Waals surface area (Å²) in [6.07, 6.45) is 1.49. The van der Waals surface area contributed by atoms with Crippen molar-refractivity contribution in [2.24, 2.45) is 0 Å². The fourth-order valence-corrected chi connectivity index (χ4v) is 0.579. The first-order chi connectivity index (χ1) is 4.34. The van der Waals surface area contributed by atoms with E-state index in [2.05, 4.69) is 11.1 Å². The SMILES string of the molecule is N#Cc1[c-]ccnc1Cl.[Mn]. The van der Waals surface area contributed by atoms with Crippen LogP contribution in [0.3, 0.4) is 0 Å². The Bertz CT molecular complexity index is 256. The van der Waals surface area contributed by atoms with Gasteiger partial charge in [0, 0.05) is 17.1 Å². The fraction of sp³-hybridized carbons (Fsp3) is 0. The summed E-state index contributed by atoms with van der Waals surface area (Å²) >= 11 is 5.46. The summed E-state index contributed by atoms with van der Waals surface area (Å²) in [6.45, 7) is 0. The molecule has 0 aliphatic carbocycles. The Morgan fingerprint density at radius 3 is 2.80 bits per heavy atom. The van der Waals surface area contributed by atoms with Gasteiger partial charge in [-0.25, -0.2) is 0 Å². The van der Waals surface area contributed by atoms with Crippen LogP contribution in [0.4, 0.5) is 0 Å². The van der Waals surface area contributed by atoms with Gasteiger partial charge in [-0.1, -0.05) is 6.20 Å². The third-order valence-corrected chi connectivity index (χ3v) is 1.09. The molecule has 1 aromatic rings. The minimum absolute atomic E-state index is 0. The Morgan fingerprint density at radius 1 is 1.70 bits per heavy atom. The maximum absolute atomic E-state index is 8.31. The van der Waals surface area contributed by atoms with Crippen LogP contribution in [0.1, 0.15) is 5.56 Å². The second kappa shape index (κ2) is 4.29. The van der Waals surface area contributed by atoms with Crippen LogP contribution >= 0.6 is 11.6 Å². The zero-order valence-corrected chi connectivity index (χ0v) is 6.74. The van der Waals surface area contributed by atoms with Gasteiger partial charge in [-0.2, -0.15) is 0 Å². The van der Waals surface area contributed by atoms with Gasteiger partial charge in [-0.15, -0.1) is 23.7 Å². The molecule has 0 aliphatic rings. The van der Waals surface area contributed by atoms with Gasteiger partial charge in [-0.3, -0.25) is 5.26 Å². The van der Waals surface area contributed by atoms with E-state index >= 15 is 0 Å². The van der Waals surface area contributed by atoms with E-state index in [1.54, 1.807) is 6.07 Å². The zero-order valence-electron chi connectivity index (χ0n) is 4.81. The van der Waals surface area contributed by atoms with E-state index in [0.29, 0.717) is 5.56 Å². The van der Waals surface area contributed by atoms with E-state index < -0.39 is 0 Å². The van der Waals surface area contributed by atoms with Crippen molar-refractivity contribution in [3.63, 3.8) is 0 Å². The van der Waals surface area contributed by atoms with Crippen LogP contribution < -0.4 is 0 Å². The molecular formula is C6H2ClMnN2-. The number of hydrogen-bond donors (Lipinski definition) is 0. The number of rotatable bonds is 0. The minimum Gasteiger partial charge on any atom is -0.340 e. The number of nitriles is 1. The summed E-state index contributed by atoms with van der Waals surface area (Å²) in [5.41, 5.74) is 0.291. The number of pyridine rings is 1. The van der Waals surface area contributed by atoms with Crippen molar-refractivity contribution in [1.82, 2.24) is 4.98 Å². The zero-order chi connectivity index (χ0) is 6.69. The van der Waals surface area contributed by atoms with Gasteiger partial charge in [0.05, 0.1) is 5.15 Å². The predicted molar refractivity (Wildman–Crippen MR) is 32.8 cm³/mol. The molecule has 0 spiro atoms. The van der Waals surface area contributed by atoms with Crippen molar-refractivity contribution in [3.8, 4) is 6.07 Å². The van der Waals surface area contributed by atoms with Crippen LogP contribution in [0.2, 0.25) is 5.15 Å². The summed E-state index contributed by atoms with van der Waals surface area (Å²) in [6, 6.07) is 6.02. The summed E-state index contributed by atoms with van der Waals surface area (Å²) in [7, 11) is 0. The van der Waals surface area contributed by atoms with Crippen molar-refractivity contribution in [3.05, 3.63) is 29.0 Å². The third kappa shape index (κ3) is 2.00. The van der Waals surface area contributed by atoms with Crippen molar-refractivity contribution < 1.29 is 17.1 Å². The summed E-state index contributed by atoms with van der Waals surface area (Å²) in [5, 5.41) is 8.52. The number of hydrogen-bond acceptors (Lipinski definition) is 2. The smallest absolute Gasteiger partial charge is 0.0507 e. The van der Waals surface area contributed by atoms with E-state index in [4.69, 9.17) is 16.9 Å². The van der Waals surface area contributed by atoms with Crippen LogP contribution in [0.15, 0.2) is 12.3 Å². The van der Waals surface area contributed by atoms with Crippen molar-refractivity contribution in [1.29, 1.82) is 5.26 Å². The van der Waals surface area contributed by atoms with Crippen molar-refractivity contribution in [2.45, 2.75) is 0 Å². The largest absolute Gasteiger partial charge is 0.340 e. The molecule has 51 valence electrons. The Balaban J connectivity index is 0.000000810. The van der Waals surface area contributed by atoms with Gasteiger partial charge in [0.15, 0.2) is 0 Å². The van der Waals surface area contributed by atoms with Crippen molar-refractivity contribution in [2.75, 3.05) is 0 Å². The molecule has 0 fully saturated rings. The molecule has 0 amide bonds. The molecule has 1 heterocycles. The van der Waals surface area contributed by atoms with Gasteiger partial charge in [-0.05, 0) is 11.6 Å². The van der Waals surface area contributed by atoms with Crippen LogP contribution in [-0.2, 0) is 17.1 Å². The van der Waals surface area contributed by atoms with Crippen LogP contribution in [0.25, 0.3) is 0 Å². The number of aromatic nitrogens is 1. The van der Waals surface area contributed by atoms with Crippen LogP contribution in [0.5, 0.6) is 0 Å².